The average Bonchev–Trinajstić information content (AvgIpc) is 2.86. The number of nitrogens with two attached hydrogens (primary N) is 1. The fourth-order valence-electron chi connectivity index (χ4n) is 3.34. The third kappa shape index (κ3) is 22.0. The Morgan fingerprint density at radius 3 is 2.00 bits per heavy atom. The lowest BCUT2D eigenvalue weighted by molar-refractivity contribution is -0.141. The molecule has 0 fully saturated rings. The number of benzene rings is 1. The Morgan fingerprint density at radius 2 is 1.49 bits per heavy atom. The van der Waals surface area contributed by atoms with Gasteiger partial charge in [0.25, 0.3) is 0 Å². The number of unbranched alkanes of at least 4 members (excludes halogenated alkanes) is 11. The van der Waals surface area contributed by atoms with Crippen molar-refractivity contribution < 1.29 is 29.6 Å². The first kappa shape index (κ1) is 32.8. The first-order valence-corrected chi connectivity index (χ1v) is 13.0. The first-order valence-electron chi connectivity index (χ1n) is 13.0. The highest BCUT2D eigenvalue weighted by atomic mass is 16.5. The molecule has 0 aliphatic carbocycles. The molecule has 0 aliphatic rings. The summed E-state index contributed by atoms with van der Waals surface area (Å²) in [5, 5.41) is 26.1. The van der Waals surface area contributed by atoms with E-state index in [1.165, 1.54) is 70.3 Å². The minimum absolute atomic E-state index is 0.155. The Bertz CT molecular complexity index is 665. The number of aliphatic hydroxyl groups is 2. The fourth-order valence-corrected chi connectivity index (χ4v) is 3.34. The standard InChI is InChI=1S/C19H36O4.C9H11NO2/c1-2-3-4-5-6-7-8-9-10-11-12-13-14-15-19(22)23-17-18(21)16-20;10-8(9(11)12)6-7-4-2-1-3-5-7/h14-15,18,20-21H,2-13,16-17H2,1H3;1-5,8H,6,10H2,(H,11,12)/b15-14+;. The Morgan fingerprint density at radius 1 is 0.943 bits per heavy atom. The van der Waals surface area contributed by atoms with Crippen LogP contribution < -0.4 is 5.73 Å². The van der Waals surface area contributed by atoms with Gasteiger partial charge in [0, 0.05) is 6.08 Å². The van der Waals surface area contributed by atoms with E-state index < -0.39 is 30.7 Å². The number of aliphatic carboxylic acids is 1. The zero-order chi connectivity index (χ0) is 26.2. The zero-order valence-electron chi connectivity index (χ0n) is 21.4. The van der Waals surface area contributed by atoms with Gasteiger partial charge in [-0.2, -0.15) is 0 Å². The molecule has 2 unspecified atom stereocenters. The van der Waals surface area contributed by atoms with Gasteiger partial charge in [0.1, 0.15) is 18.8 Å². The molecule has 7 heteroatoms. The van der Waals surface area contributed by atoms with Crippen LogP contribution in [0.5, 0.6) is 0 Å². The van der Waals surface area contributed by atoms with Gasteiger partial charge in [0.05, 0.1) is 6.61 Å². The van der Waals surface area contributed by atoms with Gasteiger partial charge in [0.2, 0.25) is 0 Å². The number of aliphatic hydroxyl groups excluding tert-OH is 2. The summed E-state index contributed by atoms with van der Waals surface area (Å²) in [5.41, 5.74) is 6.30. The number of carbonyl (C=O) groups is 2. The van der Waals surface area contributed by atoms with Crippen LogP contribution in [0.3, 0.4) is 0 Å². The normalized spacial score (nSPS) is 12.6. The second-order valence-corrected chi connectivity index (χ2v) is 8.83. The van der Waals surface area contributed by atoms with Crippen molar-refractivity contribution in [2.75, 3.05) is 13.2 Å². The molecule has 1 aromatic rings. The molecule has 0 aliphatic heterocycles. The summed E-state index contributed by atoms with van der Waals surface area (Å²) >= 11 is 0. The average molecular weight is 494 g/mol. The number of allylic oxidation sites excluding steroid dienone is 1. The van der Waals surface area contributed by atoms with Crippen LogP contribution in [0.2, 0.25) is 0 Å². The number of hydrogen-bond donors (Lipinski definition) is 4. The van der Waals surface area contributed by atoms with Crippen molar-refractivity contribution >= 4 is 11.9 Å². The van der Waals surface area contributed by atoms with Gasteiger partial charge >= 0.3 is 11.9 Å². The van der Waals surface area contributed by atoms with Crippen molar-refractivity contribution in [3.63, 3.8) is 0 Å². The van der Waals surface area contributed by atoms with E-state index in [4.69, 9.17) is 25.8 Å². The minimum atomic E-state index is -0.987. The molecule has 0 heterocycles. The van der Waals surface area contributed by atoms with Gasteiger partial charge in [-0.1, -0.05) is 108 Å². The van der Waals surface area contributed by atoms with Crippen LogP contribution >= 0.6 is 0 Å². The van der Waals surface area contributed by atoms with E-state index in [1.54, 1.807) is 0 Å². The molecule has 0 spiro atoms. The van der Waals surface area contributed by atoms with Crippen LogP contribution in [-0.2, 0) is 20.7 Å². The monoisotopic (exact) mass is 493 g/mol. The Kier molecular flexibility index (Phi) is 22.0. The second-order valence-electron chi connectivity index (χ2n) is 8.83. The Balaban J connectivity index is 0.000000801. The summed E-state index contributed by atoms with van der Waals surface area (Å²) in [7, 11) is 0. The van der Waals surface area contributed by atoms with E-state index in [0.717, 1.165) is 18.4 Å². The smallest absolute Gasteiger partial charge is 0.330 e. The number of carbonyl (C=O) groups excluding carboxylic acids is 1. The zero-order valence-corrected chi connectivity index (χ0v) is 21.4. The summed E-state index contributed by atoms with van der Waals surface area (Å²) in [6.45, 7) is 1.70. The quantitative estimate of drug-likeness (QED) is 0.124. The molecule has 0 bridgehead atoms. The maximum Gasteiger partial charge on any atom is 0.330 e. The molecule has 200 valence electrons. The fraction of sp³-hybridized carbons (Fsp3) is 0.643. The first-order chi connectivity index (χ1) is 16.9. The molecule has 2 atom stereocenters. The van der Waals surface area contributed by atoms with Crippen molar-refractivity contribution in [2.24, 2.45) is 5.73 Å². The number of carboxylic acids is 1. The number of ether oxygens (including phenoxy) is 1. The lowest BCUT2D eigenvalue weighted by Gasteiger charge is -2.06. The lowest BCUT2D eigenvalue weighted by Crippen LogP contribution is -2.32. The lowest BCUT2D eigenvalue weighted by atomic mass is 10.1. The van der Waals surface area contributed by atoms with Gasteiger partial charge in [-0.05, 0) is 24.8 Å². The van der Waals surface area contributed by atoms with E-state index in [-0.39, 0.29) is 6.61 Å². The van der Waals surface area contributed by atoms with Crippen molar-refractivity contribution in [2.45, 2.75) is 103 Å². The molecule has 0 radical (unpaired) electrons. The molecule has 0 aromatic heterocycles. The van der Waals surface area contributed by atoms with Crippen molar-refractivity contribution in [3.05, 3.63) is 48.0 Å². The topological polar surface area (TPSA) is 130 Å². The van der Waals surface area contributed by atoms with E-state index in [2.05, 4.69) is 6.92 Å². The van der Waals surface area contributed by atoms with Crippen LogP contribution in [0.25, 0.3) is 0 Å². The second kappa shape index (κ2) is 23.5. The SMILES string of the molecule is CCCCCCCCCCCCC/C=C/C(=O)OCC(O)CO.NC(Cc1ccccc1)C(=O)O. The summed E-state index contributed by atoms with van der Waals surface area (Å²) in [6.07, 6.45) is 18.0. The molecule has 1 aromatic carbocycles. The van der Waals surface area contributed by atoms with E-state index in [0.29, 0.717) is 6.42 Å². The van der Waals surface area contributed by atoms with Crippen LogP contribution in [0.4, 0.5) is 0 Å². The van der Waals surface area contributed by atoms with E-state index >= 15 is 0 Å². The van der Waals surface area contributed by atoms with Gasteiger partial charge in [0.15, 0.2) is 0 Å². The molecule has 0 amide bonds. The summed E-state index contributed by atoms with van der Waals surface area (Å²) < 4.78 is 4.77. The van der Waals surface area contributed by atoms with Gasteiger partial charge < -0.3 is 25.8 Å². The number of esters is 1. The highest BCUT2D eigenvalue weighted by molar-refractivity contribution is 5.81. The van der Waals surface area contributed by atoms with Gasteiger partial charge in [-0.15, -0.1) is 0 Å². The molecule has 35 heavy (non-hydrogen) atoms. The van der Waals surface area contributed by atoms with Gasteiger partial charge in [-0.3, -0.25) is 4.79 Å². The van der Waals surface area contributed by atoms with Crippen molar-refractivity contribution in [1.82, 2.24) is 0 Å². The van der Waals surface area contributed by atoms with Crippen molar-refractivity contribution in [3.8, 4) is 0 Å². The van der Waals surface area contributed by atoms with E-state index in [1.807, 2.05) is 36.4 Å². The molecule has 0 saturated heterocycles. The van der Waals surface area contributed by atoms with Crippen molar-refractivity contribution in [1.29, 1.82) is 0 Å². The maximum atomic E-state index is 11.3. The largest absolute Gasteiger partial charge is 0.480 e. The minimum Gasteiger partial charge on any atom is -0.480 e. The van der Waals surface area contributed by atoms with E-state index in [9.17, 15) is 9.59 Å². The molecule has 0 saturated carbocycles. The highest BCUT2D eigenvalue weighted by Crippen LogP contribution is 2.12. The third-order valence-corrected chi connectivity index (χ3v) is 5.47. The predicted molar refractivity (Wildman–Crippen MR) is 140 cm³/mol. The molecule has 1 rings (SSSR count). The summed E-state index contributed by atoms with van der Waals surface area (Å²) in [6, 6.07) is 8.54. The van der Waals surface area contributed by atoms with Crippen LogP contribution in [0, 0.1) is 0 Å². The van der Waals surface area contributed by atoms with Crippen LogP contribution in [0.1, 0.15) is 89.5 Å². The maximum absolute atomic E-state index is 11.3. The summed E-state index contributed by atoms with van der Waals surface area (Å²) in [5.74, 6) is -1.42. The molecule has 5 N–H and O–H groups in total. The van der Waals surface area contributed by atoms with Crippen LogP contribution in [-0.4, -0.2) is 52.6 Å². The Labute approximate surface area is 211 Å². The third-order valence-electron chi connectivity index (χ3n) is 5.47. The van der Waals surface area contributed by atoms with Gasteiger partial charge in [-0.25, -0.2) is 4.79 Å². The number of hydrogen-bond acceptors (Lipinski definition) is 6. The molecule has 7 nitrogen and oxygen atoms in total. The highest BCUT2D eigenvalue weighted by Gasteiger charge is 2.11. The Hall–Kier alpha value is -2.22. The number of carboxylic acid groups (broad SMARTS) is 1. The van der Waals surface area contributed by atoms with Crippen LogP contribution in [0.15, 0.2) is 42.5 Å². The predicted octanol–water partition coefficient (Wildman–Crippen LogP) is 4.78. The summed E-state index contributed by atoms with van der Waals surface area (Å²) in [4.78, 5) is 21.6. The number of rotatable bonds is 19. The molecular formula is C28H47NO6. The molecular weight excluding hydrogens is 446 g/mol.